The van der Waals surface area contributed by atoms with Crippen molar-refractivity contribution < 1.29 is 14.3 Å². The molecule has 25 heavy (non-hydrogen) atoms. The summed E-state index contributed by atoms with van der Waals surface area (Å²) in [7, 11) is 0. The van der Waals surface area contributed by atoms with Gasteiger partial charge in [0.05, 0.1) is 6.61 Å². The van der Waals surface area contributed by atoms with Crippen LogP contribution in [0.25, 0.3) is 0 Å². The first kappa shape index (κ1) is 18.7. The molecule has 2 atom stereocenters. The van der Waals surface area contributed by atoms with E-state index in [-0.39, 0.29) is 18.1 Å². The minimum atomic E-state index is -0.189. The highest BCUT2D eigenvalue weighted by atomic mass is 16.6. The molecule has 1 saturated heterocycles. The van der Waals surface area contributed by atoms with Crippen LogP contribution >= 0.6 is 0 Å². The van der Waals surface area contributed by atoms with Gasteiger partial charge in [-0.25, -0.2) is 4.79 Å². The van der Waals surface area contributed by atoms with E-state index in [0.29, 0.717) is 12.0 Å². The fraction of sp³-hybridized carbons (Fsp3) is 0.850. The molecule has 2 saturated carbocycles. The molecule has 3 fully saturated rings. The molecule has 142 valence electrons. The lowest BCUT2D eigenvalue weighted by Gasteiger charge is -2.41. The zero-order valence-corrected chi connectivity index (χ0v) is 15.7. The molecule has 3 rings (SSSR count). The van der Waals surface area contributed by atoms with Crippen molar-refractivity contribution in [3.05, 3.63) is 12.7 Å². The van der Waals surface area contributed by atoms with Crippen molar-refractivity contribution in [1.82, 2.24) is 10.2 Å². The highest BCUT2D eigenvalue weighted by molar-refractivity contribution is 5.68. The predicted octanol–water partition coefficient (Wildman–Crippen LogP) is 3.21. The second-order valence-corrected chi connectivity index (χ2v) is 8.34. The Bertz CT molecular complexity index is 458. The Labute approximate surface area is 152 Å². The third-order valence-corrected chi connectivity index (χ3v) is 6.18. The van der Waals surface area contributed by atoms with Crippen LogP contribution in [0.2, 0.25) is 0 Å². The summed E-state index contributed by atoms with van der Waals surface area (Å²) in [5.41, 5.74) is 0.0600. The quantitative estimate of drug-likeness (QED) is 0.649. The minimum Gasteiger partial charge on any atom is -0.445 e. The van der Waals surface area contributed by atoms with Gasteiger partial charge in [0.2, 0.25) is 0 Å². The summed E-state index contributed by atoms with van der Waals surface area (Å²) in [6.07, 6.45) is 8.63. The van der Waals surface area contributed by atoms with Crippen LogP contribution in [0.5, 0.6) is 0 Å². The molecule has 5 nitrogen and oxygen atoms in total. The summed E-state index contributed by atoms with van der Waals surface area (Å²) in [6, 6.07) is 0.329. The van der Waals surface area contributed by atoms with Crippen LogP contribution in [0.15, 0.2) is 12.7 Å². The number of amides is 1. The molecule has 0 bridgehead atoms. The Balaban J connectivity index is 1.60. The van der Waals surface area contributed by atoms with Crippen molar-refractivity contribution in [2.24, 2.45) is 17.3 Å². The number of hydrogen-bond donors (Lipinski definition) is 1. The van der Waals surface area contributed by atoms with Crippen LogP contribution in [0, 0.1) is 17.3 Å². The molecular formula is C20H34N2O3. The third kappa shape index (κ3) is 4.98. The van der Waals surface area contributed by atoms with Crippen molar-refractivity contribution in [2.45, 2.75) is 51.5 Å². The van der Waals surface area contributed by atoms with E-state index in [1.54, 1.807) is 6.08 Å². The van der Waals surface area contributed by atoms with Gasteiger partial charge in [0.25, 0.3) is 0 Å². The van der Waals surface area contributed by atoms with E-state index < -0.39 is 0 Å². The number of nitrogens with one attached hydrogen (secondary N) is 1. The zero-order valence-electron chi connectivity index (χ0n) is 15.7. The molecule has 1 amide bonds. The van der Waals surface area contributed by atoms with Gasteiger partial charge in [-0.3, -0.25) is 0 Å². The standard InChI is InChI=1S/C20H34N2O3/c1-3-11-25-19(23)22(18-12-16(18)2)14-20(7-9-21-10-8-20)15-24-13-17-5-4-6-17/h3,16-18,21H,1,4-15H2,2H3/t16-,18-/m1/s1. The fourth-order valence-corrected chi connectivity index (χ4v) is 4.04. The largest absolute Gasteiger partial charge is 0.445 e. The van der Waals surface area contributed by atoms with Crippen molar-refractivity contribution in [2.75, 3.05) is 39.5 Å². The van der Waals surface area contributed by atoms with Crippen LogP contribution in [0.4, 0.5) is 4.79 Å². The average molecular weight is 351 g/mol. The van der Waals surface area contributed by atoms with Gasteiger partial charge in [-0.2, -0.15) is 0 Å². The number of carbonyl (C=O) groups excluding carboxylic acids is 1. The minimum absolute atomic E-state index is 0.0600. The summed E-state index contributed by atoms with van der Waals surface area (Å²) in [5, 5.41) is 3.45. The van der Waals surface area contributed by atoms with E-state index >= 15 is 0 Å². The number of hydrogen-bond acceptors (Lipinski definition) is 4. The Morgan fingerprint density at radius 3 is 2.64 bits per heavy atom. The first-order valence-electron chi connectivity index (χ1n) is 9.96. The molecule has 0 aromatic rings. The van der Waals surface area contributed by atoms with Crippen LogP contribution in [0.3, 0.4) is 0 Å². The van der Waals surface area contributed by atoms with Gasteiger partial charge in [-0.15, -0.1) is 0 Å². The Morgan fingerprint density at radius 1 is 1.36 bits per heavy atom. The van der Waals surface area contributed by atoms with E-state index in [9.17, 15) is 4.79 Å². The van der Waals surface area contributed by atoms with Gasteiger partial charge < -0.3 is 19.7 Å². The molecule has 0 radical (unpaired) electrons. The monoisotopic (exact) mass is 350 g/mol. The van der Waals surface area contributed by atoms with Crippen LogP contribution < -0.4 is 5.32 Å². The Morgan fingerprint density at radius 2 is 2.08 bits per heavy atom. The average Bonchev–Trinajstić information content (AvgIpc) is 3.30. The first-order chi connectivity index (χ1) is 12.1. The molecule has 3 aliphatic rings. The predicted molar refractivity (Wildman–Crippen MR) is 98.5 cm³/mol. The molecule has 0 spiro atoms. The normalized spacial score (nSPS) is 28.0. The number of nitrogens with zero attached hydrogens (tertiary/aromatic N) is 1. The molecule has 0 unspecified atom stereocenters. The van der Waals surface area contributed by atoms with Crippen molar-refractivity contribution in [3.63, 3.8) is 0 Å². The maximum Gasteiger partial charge on any atom is 0.410 e. The van der Waals surface area contributed by atoms with E-state index in [1.165, 1.54) is 19.3 Å². The number of ether oxygens (including phenoxy) is 2. The summed E-state index contributed by atoms with van der Waals surface area (Å²) >= 11 is 0. The van der Waals surface area contributed by atoms with Crippen LogP contribution in [-0.4, -0.2) is 56.5 Å². The molecular weight excluding hydrogens is 316 g/mol. The Kier molecular flexibility index (Phi) is 6.39. The van der Waals surface area contributed by atoms with Gasteiger partial charge >= 0.3 is 6.09 Å². The summed E-state index contributed by atoms with van der Waals surface area (Å²) in [4.78, 5) is 14.6. The highest BCUT2D eigenvalue weighted by Gasteiger charge is 2.45. The van der Waals surface area contributed by atoms with E-state index in [4.69, 9.17) is 9.47 Å². The maximum absolute atomic E-state index is 12.6. The highest BCUT2D eigenvalue weighted by Crippen LogP contribution is 2.40. The van der Waals surface area contributed by atoms with Gasteiger partial charge in [-0.05, 0) is 57.0 Å². The summed E-state index contributed by atoms with van der Waals surface area (Å²) < 4.78 is 11.5. The summed E-state index contributed by atoms with van der Waals surface area (Å²) in [5.74, 6) is 1.34. The van der Waals surface area contributed by atoms with E-state index in [1.807, 2.05) is 4.90 Å². The van der Waals surface area contributed by atoms with E-state index in [0.717, 1.165) is 58.0 Å². The number of carbonyl (C=O) groups is 1. The van der Waals surface area contributed by atoms with Gasteiger partial charge in [-0.1, -0.05) is 26.0 Å². The lowest BCUT2D eigenvalue weighted by molar-refractivity contribution is -0.0218. The molecule has 5 heteroatoms. The van der Waals surface area contributed by atoms with Crippen LogP contribution in [-0.2, 0) is 9.47 Å². The lowest BCUT2D eigenvalue weighted by Crippen LogP contribution is -2.50. The molecule has 1 aliphatic heterocycles. The van der Waals surface area contributed by atoms with Crippen LogP contribution in [0.1, 0.15) is 45.4 Å². The number of rotatable bonds is 9. The second-order valence-electron chi connectivity index (χ2n) is 8.34. The van der Waals surface area contributed by atoms with Crippen molar-refractivity contribution in [1.29, 1.82) is 0 Å². The second kappa shape index (κ2) is 8.54. The maximum atomic E-state index is 12.6. The summed E-state index contributed by atoms with van der Waals surface area (Å²) in [6.45, 7) is 10.5. The Hall–Kier alpha value is -1.07. The molecule has 2 aliphatic carbocycles. The first-order valence-corrected chi connectivity index (χ1v) is 9.96. The molecule has 0 aromatic heterocycles. The number of piperidine rings is 1. The van der Waals surface area contributed by atoms with Gasteiger partial charge in [0.1, 0.15) is 6.61 Å². The topological polar surface area (TPSA) is 50.8 Å². The van der Waals surface area contributed by atoms with Crippen molar-refractivity contribution >= 4 is 6.09 Å². The zero-order chi connectivity index (χ0) is 17.7. The fourth-order valence-electron chi connectivity index (χ4n) is 4.04. The van der Waals surface area contributed by atoms with Gasteiger partial charge in [0.15, 0.2) is 0 Å². The smallest absolute Gasteiger partial charge is 0.410 e. The third-order valence-electron chi connectivity index (χ3n) is 6.18. The molecule has 1 N–H and O–H groups in total. The molecule has 1 heterocycles. The van der Waals surface area contributed by atoms with E-state index in [2.05, 4.69) is 18.8 Å². The van der Waals surface area contributed by atoms with Gasteiger partial charge in [0, 0.05) is 24.6 Å². The lowest BCUT2D eigenvalue weighted by atomic mass is 9.79. The van der Waals surface area contributed by atoms with Crippen molar-refractivity contribution in [3.8, 4) is 0 Å². The SMILES string of the molecule is C=CCOC(=O)N(CC1(COCC2CCC2)CCNCC1)[C@@H]1C[C@H]1C. The molecule has 0 aromatic carbocycles.